The maximum atomic E-state index is 12.8. The number of halogens is 1. The van der Waals surface area contributed by atoms with Crippen molar-refractivity contribution >= 4 is 22.5 Å². The highest BCUT2D eigenvalue weighted by Gasteiger charge is 2.25. The molecule has 3 rings (SSSR count). The van der Waals surface area contributed by atoms with Crippen molar-refractivity contribution in [1.82, 2.24) is 19.8 Å². The van der Waals surface area contributed by atoms with Crippen LogP contribution in [0.5, 0.6) is 0 Å². The minimum absolute atomic E-state index is 0.00923. The highest BCUT2D eigenvalue weighted by atomic mass is 35.5. The first-order chi connectivity index (χ1) is 11.0. The largest absolute Gasteiger partial charge is 0.312 e. The molecule has 0 radical (unpaired) electrons. The molecule has 6 heteroatoms. The minimum atomic E-state index is -0.00923. The third kappa shape index (κ3) is 3.13. The van der Waals surface area contributed by atoms with Crippen LogP contribution >= 0.6 is 11.6 Å². The molecule has 1 saturated heterocycles. The topological polar surface area (TPSA) is 50.2 Å². The van der Waals surface area contributed by atoms with Gasteiger partial charge < -0.3 is 5.32 Å². The molecule has 0 bridgehead atoms. The van der Waals surface area contributed by atoms with Crippen LogP contribution in [0.4, 0.5) is 0 Å². The number of aromatic nitrogens is 2. The lowest BCUT2D eigenvalue weighted by atomic mass is 10.1. The van der Waals surface area contributed by atoms with Gasteiger partial charge in [-0.2, -0.15) is 0 Å². The molecular weight excluding hydrogens is 312 g/mol. The van der Waals surface area contributed by atoms with Gasteiger partial charge in [0.25, 0.3) is 5.56 Å². The Labute approximate surface area is 141 Å². The zero-order chi connectivity index (χ0) is 16.6. The predicted octanol–water partition coefficient (Wildman–Crippen LogP) is 2.42. The molecule has 23 heavy (non-hydrogen) atoms. The maximum absolute atomic E-state index is 12.8. The SMILES string of the molecule is CCn1c(C(C)N2CCNC(C)C2)nc2ccc(Cl)cc2c1=O. The van der Waals surface area contributed by atoms with E-state index < -0.39 is 0 Å². The Morgan fingerprint density at radius 2 is 2.26 bits per heavy atom. The fraction of sp³-hybridized carbons (Fsp3) is 0.529. The molecule has 1 aromatic heterocycles. The van der Waals surface area contributed by atoms with Crippen molar-refractivity contribution < 1.29 is 0 Å². The number of nitrogens with one attached hydrogen (secondary N) is 1. The Hall–Kier alpha value is -1.43. The summed E-state index contributed by atoms with van der Waals surface area (Å²) >= 11 is 6.04. The summed E-state index contributed by atoms with van der Waals surface area (Å²) in [5, 5.41) is 4.60. The number of hydrogen-bond acceptors (Lipinski definition) is 4. The second kappa shape index (κ2) is 6.59. The smallest absolute Gasteiger partial charge is 0.261 e. The predicted molar refractivity (Wildman–Crippen MR) is 94.1 cm³/mol. The normalized spacial score (nSPS) is 20.8. The summed E-state index contributed by atoms with van der Waals surface area (Å²) in [6.07, 6.45) is 0. The van der Waals surface area contributed by atoms with Gasteiger partial charge in [0.1, 0.15) is 5.82 Å². The number of piperazine rings is 1. The summed E-state index contributed by atoms with van der Waals surface area (Å²) in [5.41, 5.74) is 0.708. The van der Waals surface area contributed by atoms with Gasteiger partial charge >= 0.3 is 0 Å². The van der Waals surface area contributed by atoms with Gasteiger partial charge in [0.05, 0.1) is 16.9 Å². The molecule has 1 aliphatic rings. The molecule has 124 valence electrons. The van der Waals surface area contributed by atoms with E-state index in [1.807, 2.05) is 13.0 Å². The fourth-order valence-electron chi connectivity index (χ4n) is 3.31. The van der Waals surface area contributed by atoms with Gasteiger partial charge in [0.15, 0.2) is 0 Å². The van der Waals surface area contributed by atoms with E-state index in [1.165, 1.54) is 0 Å². The molecule has 0 amide bonds. The van der Waals surface area contributed by atoms with E-state index in [9.17, 15) is 4.79 Å². The highest BCUT2D eigenvalue weighted by molar-refractivity contribution is 6.31. The molecule has 2 aromatic rings. The second-order valence-electron chi connectivity index (χ2n) is 6.21. The van der Waals surface area contributed by atoms with Crippen molar-refractivity contribution in [1.29, 1.82) is 0 Å². The summed E-state index contributed by atoms with van der Waals surface area (Å²) < 4.78 is 1.77. The highest BCUT2D eigenvalue weighted by Crippen LogP contribution is 2.22. The Morgan fingerprint density at radius 1 is 1.48 bits per heavy atom. The average Bonchev–Trinajstić information content (AvgIpc) is 2.54. The van der Waals surface area contributed by atoms with Gasteiger partial charge in [-0.3, -0.25) is 14.3 Å². The van der Waals surface area contributed by atoms with Crippen LogP contribution in [0.1, 0.15) is 32.6 Å². The van der Waals surface area contributed by atoms with Crippen LogP contribution in [0.3, 0.4) is 0 Å². The lowest BCUT2D eigenvalue weighted by Crippen LogP contribution is -2.50. The molecule has 2 heterocycles. The molecule has 1 fully saturated rings. The first-order valence-corrected chi connectivity index (χ1v) is 8.56. The van der Waals surface area contributed by atoms with Crippen molar-refractivity contribution in [3.8, 4) is 0 Å². The molecular formula is C17H23ClN4O. The standard InChI is InChI=1S/C17H23ClN4O/c1-4-22-16(12(3)21-8-7-19-11(2)10-21)20-15-6-5-13(18)9-14(15)17(22)23/h5-6,9,11-12,19H,4,7-8,10H2,1-3H3. The second-order valence-corrected chi connectivity index (χ2v) is 6.64. The maximum Gasteiger partial charge on any atom is 0.261 e. The Morgan fingerprint density at radius 3 is 2.96 bits per heavy atom. The van der Waals surface area contributed by atoms with E-state index >= 15 is 0 Å². The van der Waals surface area contributed by atoms with Crippen LogP contribution in [0.25, 0.3) is 10.9 Å². The third-order valence-corrected chi connectivity index (χ3v) is 4.82. The van der Waals surface area contributed by atoms with Crippen LogP contribution in [0.15, 0.2) is 23.0 Å². The lowest BCUT2D eigenvalue weighted by molar-refractivity contribution is 0.150. The fourth-order valence-corrected chi connectivity index (χ4v) is 3.48. The number of rotatable bonds is 3. The molecule has 0 aliphatic carbocycles. The lowest BCUT2D eigenvalue weighted by Gasteiger charge is -2.36. The molecule has 1 N–H and O–H groups in total. The van der Waals surface area contributed by atoms with Crippen LogP contribution in [-0.4, -0.2) is 40.1 Å². The molecule has 2 unspecified atom stereocenters. The van der Waals surface area contributed by atoms with Gasteiger partial charge in [-0.1, -0.05) is 11.6 Å². The van der Waals surface area contributed by atoms with Crippen molar-refractivity contribution in [3.63, 3.8) is 0 Å². The van der Waals surface area contributed by atoms with Gasteiger partial charge in [-0.15, -0.1) is 0 Å². The number of fused-ring (bicyclic) bond motifs is 1. The van der Waals surface area contributed by atoms with Crippen molar-refractivity contribution in [3.05, 3.63) is 39.4 Å². The Bertz CT molecular complexity index is 773. The van der Waals surface area contributed by atoms with Crippen molar-refractivity contribution in [2.24, 2.45) is 0 Å². The van der Waals surface area contributed by atoms with Crippen LogP contribution < -0.4 is 10.9 Å². The number of benzene rings is 1. The van der Waals surface area contributed by atoms with E-state index in [1.54, 1.807) is 16.7 Å². The number of nitrogens with zero attached hydrogens (tertiary/aromatic N) is 3. The van der Waals surface area contributed by atoms with E-state index in [0.29, 0.717) is 28.5 Å². The first-order valence-electron chi connectivity index (χ1n) is 8.18. The summed E-state index contributed by atoms with van der Waals surface area (Å²) in [6, 6.07) is 5.88. The molecule has 5 nitrogen and oxygen atoms in total. The van der Waals surface area contributed by atoms with E-state index in [0.717, 1.165) is 25.5 Å². The van der Waals surface area contributed by atoms with Crippen molar-refractivity contribution in [2.75, 3.05) is 19.6 Å². The third-order valence-electron chi connectivity index (χ3n) is 4.58. The first kappa shape index (κ1) is 16.4. The number of hydrogen-bond donors (Lipinski definition) is 1. The molecule has 2 atom stereocenters. The summed E-state index contributed by atoms with van der Waals surface area (Å²) in [4.78, 5) is 20.0. The molecule has 1 aromatic carbocycles. The van der Waals surface area contributed by atoms with Gasteiger partial charge in [-0.05, 0) is 39.0 Å². The molecule has 1 aliphatic heterocycles. The zero-order valence-electron chi connectivity index (χ0n) is 13.8. The van der Waals surface area contributed by atoms with Crippen LogP contribution in [-0.2, 0) is 6.54 Å². The zero-order valence-corrected chi connectivity index (χ0v) is 14.6. The van der Waals surface area contributed by atoms with E-state index in [-0.39, 0.29) is 11.6 Å². The van der Waals surface area contributed by atoms with Gasteiger partial charge in [0.2, 0.25) is 0 Å². The van der Waals surface area contributed by atoms with E-state index in [2.05, 4.69) is 24.1 Å². The average molecular weight is 335 g/mol. The summed E-state index contributed by atoms with van der Waals surface area (Å²) in [5.74, 6) is 0.835. The van der Waals surface area contributed by atoms with Gasteiger partial charge in [0, 0.05) is 37.2 Å². The van der Waals surface area contributed by atoms with Crippen LogP contribution in [0, 0.1) is 0 Å². The van der Waals surface area contributed by atoms with Gasteiger partial charge in [-0.25, -0.2) is 4.98 Å². The summed E-state index contributed by atoms with van der Waals surface area (Å²) in [6.45, 7) is 9.79. The van der Waals surface area contributed by atoms with Crippen LogP contribution in [0.2, 0.25) is 5.02 Å². The molecule has 0 spiro atoms. The quantitative estimate of drug-likeness (QED) is 0.936. The summed E-state index contributed by atoms with van der Waals surface area (Å²) in [7, 11) is 0. The Kier molecular flexibility index (Phi) is 4.71. The monoisotopic (exact) mass is 334 g/mol. The van der Waals surface area contributed by atoms with Crippen molar-refractivity contribution in [2.45, 2.75) is 39.4 Å². The minimum Gasteiger partial charge on any atom is -0.312 e. The molecule has 0 saturated carbocycles. The van der Waals surface area contributed by atoms with E-state index in [4.69, 9.17) is 16.6 Å². The Balaban J connectivity index is 2.09.